The fourth-order valence-corrected chi connectivity index (χ4v) is 3.77. The van der Waals surface area contributed by atoms with Crippen molar-refractivity contribution in [2.24, 2.45) is 0 Å². The fourth-order valence-electron chi connectivity index (χ4n) is 3.77. The normalized spacial score (nSPS) is 17.4. The number of ether oxygens (including phenoxy) is 1. The van der Waals surface area contributed by atoms with E-state index >= 15 is 0 Å². The molecule has 5 heteroatoms. The van der Waals surface area contributed by atoms with Crippen LogP contribution in [-0.2, 0) is 0 Å². The number of carbonyl (C=O) groups excluding carboxylic acids is 1. The molecule has 140 valence electrons. The average molecular weight is 363 g/mol. The molecule has 1 spiro atoms. The average Bonchev–Trinajstić information content (AvgIpc) is 2.69. The number of rotatable bonds is 3. The Morgan fingerprint density at radius 1 is 1.11 bits per heavy atom. The number of nitrogens with one attached hydrogen (secondary N) is 3. The van der Waals surface area contributed by atoms with Crippen molar-refractivity contribution in [2.75, 3.05) is 25.0 Å². The van der Waals surface area contributed by atoms with Crippen molar-refractivity contribution in [3.63, 3.8) is 0 Å². The van der Waals surface area contributed by atoms with E-state index in [9.17, 15) is 4.79 Å². The molecule has 0 bridgehead atoms. The van der Waals surface area contributed by atoms with E-state index in [2.05, 4.69) is 46.3 Å². The molecule has 2 aliphatic heterocycles. The summed E-state index contributed by atoms with van der Waals surface area (Å²) in [5.41, 5.74) is 3.98. The van der Waals surface area contributed by atoms with Gasteiger partial charge in [-0.1, -0.05) is 30.3 Å². The molecule has 27 heavy (non-hydrogen) atoms. The molecule has 0 saturated carbocycles. The van der Waals surface area contributed by atoms with Gasteiger partial charge in [-0.15, -0.1) is 0 Å². The fraction of sp³-hybridized carbons (Fsp3) is 0.318. The number of fused-ring (bicyclic) bond motifs is 1. The summed E-state index contributed by atoms with van der Waals surface area (Å²) in [7, 11) is 0. The number of urea groups is 1. The standard InChI is InChI=1S/C22H25N3O2/c1-2-24-21(26)25-17-9-7-16(8-10-17)19-15-22(11-13-23-14-12-22)27-20-6-4-3-5-18(19)20/h3-10,15,23H,2,11-14H2,1H3,(H2,24,25,26). The van der Waals surface area contributed by atoms with E-state index in [1.807, 2.05) is 31.2 Å². The Labute approximate surface area is 159 Å². The summed E-state index contributed by atoms with van der Waals surface area (Å²) in [6, 6.07) is 16.0. The number of benzene rings is 2. The van der Waals surface area contributed by atoms with Gasteiger partial charge < -0.3 is 20.7 Å². The third-order valence-electron chi connectivity index (χ3n) is 5.14. The van der Waals surface area contributed by atoms with Gasteiger partial charge in [0.2, 0.25) is 0 Å². The van der Waals surface area contributed by atoms with Crippen LogP contribution in [0.1, 0.15) is 30.9 Å². The molecule has 1 saturated heterocycles. The molecule has 2 heterocycles. The van der Waals surface area contributed by atoms with Gasteiger partial charge in [0.25, 0.3) is 0 Å². The summed E-state index contributed by atoms with van der Waals surface area (Å²) in [5, 5.41) is 9.00. The van der Waals surface area contributed by atoms with Crippen LogP contribution in [0.4, 0.5) is 10.5 Å². The molecule has 5 nitrogen and oxygen atoms in total. The Hall–Kier alpha value is -2.79. The monoisotopic (exact) mass is 363 g/mol. The van der Waals surface area contributed by atoms with Crippen LogP contribution in [0, 0.1) is 0 Å². The first-order valence-corrected chi connectivity index (χ1v) is 9.56. The van der Waals surface area contributed by atoms with Crippen molar-refractivity contribution in [1.82, 2.24) is 10.6 Å². The van der Waals surface area contributed by atoms with Crippen molar-refractivity contribution in [3.8, 4) is 5.75 Å². The zero-order chi connectivity index (χ0) is 18.7. The van der Waals surface area contributed by atoms with Crippen molar-refractivity contribution in [2.45, 2.75) is 25.4 Å². The van der Waals surface area contributed by atoms with Crippen LogP contribution in [-0.4, -0.2) is 31.3 Å². The van der Waals surface area contributed by atoms with Crippen LogP contribution >= 0.6 is 0 Å². The second-order valence-electron chi connectivity index (χ2n) is 7.03. The number of anilines is 1. The minimum absolute atomic E-state index is 0.186. The maximum Gasteiger partial charge on any atom is 0.319 e. The highest BCUT2D eigenvalue weighted by molar-refractivity contribution is 5.90. The van der Waals surface area contributed by atoms with E-state index in [1.165, 1.54) is 5.57 Å². The van der Waals surface area contributed by atoms with Crippen LogP contribution in [0.5, 0.6) is 5.75 Å². The van der Waals surface area contributed by atoms with E-state index in [1.54, 1.807) is 0 Å². The molecule has 2 amide bonds. The predicted molar refractivity (Wildman–Crippen MR) is 108 cm³/mol. The lowest BCUT2D eigenvalue weighted by Crippen LogP contribution is -2.46. The number of amides is 2. The minimum atomic E-state index is -0.243. The van der Waals surface area contributed by atoms with Crippen LogP contribution in [0.25, 0.3) is 5.57 Å². The largest absolute Gasteiger partial charge is 0.482 e. The van der Waals surface area contributed by atoms with Gasteiger partial charge in [0.1, 0.15) is 11.4 Å². The number of para-hydroxylation sites is 1. The first kappa shape index (κ1) is 17.6. The van der Waals surface area contributed by atoms with Gasteiger partial charge in [0, 0.05) is 30.6 Å². The molecular formula is C22H25N3O2. The van der Waals surface area contributed by atoms with E-state index in [0.29, 0.717) is 6.54 Å². The Kier molecular flexibility index (Phi) is 4.86. The first-order valence-electron chi connectivity index (χ1n) is 9.56. The molecule has 2 aromatic carbocycles. The van der Waals surface area contributed by atoms with Gasteiger partial charge in [-0.2, -0.15) is 0 Å². The smallest absolute Gasteiger partial charge is 0.319 e. The van der Waals surface area contributed by atoms with E-state index in [-0.39, 0.29) is 11.6 Å². The molecule has 0 aliphatic carbocycles. The number of hydrogen-bond acceptors (Lipinski definition) is 3. The maximum atomic E-state index is 11.7. The third-order valence-corrected chi connectivity index (χ3v) is 5.14. The highest BCUT2D eigenvalue weighted by Crippen LogP contribution is 2.42. The number of carbonyl (C=O) groups is 1. The molecule has 0 atom stereocenters. The number of piperidine rings is 1. The maximum absolute atomic E-state index is 11.7. The Morgan fingerprint density at radius 2 is 1.85 bits per heavy atom. The van der Waals surface area contributed by atoms with Crippen LogP contribution in [0.15, 0.2) is 54.6 Å². The van der Waals surface area contributed by atoms with Gasteiger partial charge >= 0.3 is 6.03 Å². The van der Waals surface area contributed by atoms with Crippen LogP contribution < -0.4 is 20.7 Å². The van der Waals surface area contributed by atoms with Crippen molar-refractivity contribution >= 4 is 17.3 Å². The van der Waals surface area contributed by atoms with Gasteiger partial charge in [-0.05, 0) is 55.4 Å². The lowest BCUT2D eigenvalue weighted by atomic mass is 9.83. The molecule has 2 aliphatic rings. The summed E-state index contributed by atoms with van der Waals surface area (Å²) < 4.78 is 6.43. The lowest BCUT2D eigenvalue weighted by Gasteiger charge is -2.40. The second-order valence-corrected chi connectivity index (χ2v) is 7.03. The molecule has 2 aromatic rings. The van der Waals surface area contributed by atoms with Crippen LogP contribution in [0.3, 0.4) is 0 Å². The third kappa shape index (κ3) is 3.69. The zero-order valence-electron chi connectivity index (χ0n) is 15.5. The summed E-state index contributed by atoms with van der Waals surface area (Å²) in [4.78, 5) is 11.7. The Balaban J connectivity index is 1.66. The van der Waals surface area contributed by atoms with Gasteiger partial charge in [0.15, 0.2) is 0 Å². The summed E-state index contributed by atoms with van der Waals surface area (Å²) in [5.74, 6) is 0.946. The van der Waals surface area contributed by atoms with Crippen molar-refractivity contribution in [3.05, 3.63) is 65.7 Å². The number of hydrogen-bond donors (Lipinski definition) is 3. The highest BCUT2D eigenvalue weighted by Gasteiger charge is 2.36. The van der Waals surface area contributed by atoms with Crippen molar-refractivity contribution in [1.29, 1.82) is 0 Å². The molecule has 0 aromatic heterocycles. The van der Waals surface area contributed by atoms with Gasteiger partial charge in [-0.3, -0.25) is 0 Å². The molecule has 3 N–H and O–H groups in total. The minimum Gasteiger partial charge on any atom is -0.482 e. The van der Waals surface area contributed by atoms with E-state index < -0.39 is 0 Å². The second kappa shape index (κ2) is 7.45. The summed E-state index contributed by atoms with van der Waals surface area (Å²) >= 11 is 0. The molecule has 0 radical (unpaired) electrons. The predicted octanol–water partition coefficient (Wildman–Crippen LogP) is 3.77. The molecule has 0 unspecified atom stereocenters. The Bertz CT molecular complexity index is 852. The quantitative estimate of drug-likeness (QED) is 0.778. The van der Waals surface area contributed by atoms with Crippen LogP contribution in [0.2, 0.25) is 0 Å². The SMILES string of the molecule is CCNC(=O)Nc1ccc(C2=CC3(CCNCC3)Oc3ccccc32)cc1. The van der Waals surface area contributed by atoms with Gasteiger partial charge in [-0.25, -0.2) is 4.79 Å². The molecule has 4 rings (SSSR count). The highest BCUT2D eigenvalue weighted by atomic mass is 16.5. The summed E-state index contributed by atoms with van der Waals surface area (Å²) in [6.07, 6.45) is 4.21. The zero-order valence-corrected chi connectivity index (χ0v) is 15.5. The molecular weight excluding hydrogens is 338 g/mol. The van der Waals surface area contributed by atoms with E-state index in [0.717, 1.165) is 48.5 Å². The molecule has 1 fully saturated rings. The van der Waals surface area contributed by atoms with E-state index in [4.69, 9.17) is 4.74 Å². The first-order chi connectivity index (χ1) is 13.2. The Morgan fingerprint density at radius 3 is 2.59 bits per heavy atom. The summed E-state index contributed by atoms with van der Waals surface area (Å²) in [6.45, 7) is 4.42. The topological polar surface area (TPSA) is 62.4 Å². The lowest BCUT2D eigenvalue weighted by molar-refractivity contribution is 0.0817. The van der Waals surface area contributed by atoms with Crippen molar-refractivity contribution < 1.29 is 9.53 Å². The van der Waals surface area contributed by atoms with Gasteiger partial charge in [0.05, 0.1) is 0 Å².